The third kappa shape index (κ3) is 3.26. The van der Waals surface area contributed by atoms with E-state index in [-0.39, 0.29) is 0 Å². The van der Waals surface area contributed by atoms with Crippen LogP contribution in [0.4, 0.5) is 5.69 Å². The van der Waals surface area contributed by atoms with Crippen LogP contribution in [0, 0.1) is 5.92 Å². The fourth-order valence-electron chi connectivity index (χ4n) is 1.85. The molecular formula is C13H19NO2. The van der Waals surface area contributed by atoms with E-state index in [2.05, 4.69) is 5.32 Å². The Balaban J connectivity index is 2.83. The predicted molar refractivity (Wildman–Crippen MR) is 65.6 cm³/mol. The van der Waals surface area contributed by atoms with Crippen LogP contribution in [0.1, 0.15) is 27.2 Å². The molecule has 1 unspecified atom stereocenters. The van der Waals surface area contributed by atoms with Gasteiger partial charge in [-0.3, -0.25) is 0 Å². The highest BCUT2D eigenvalue weighted by Crippen LogP contribution is 2.22. The monoisotopic (exact) mass is 221 g/mol. The summed E-state index contributed by atoms with van der Waals surface area (Å²) in [6.07, 6.45) is 0.594. The van der Waals surface area contributed by atoms with E-state index in [1.165, 1.54) is 0 Å². The minimum absolute atomic E-state index is 0.331. The lowest BCUT2D eigenvalue weighted by Gasteiger charge is -2.29. The van der Waals surface area contributed by atoms with Crippen LogP contribution in [0.15, 0.2) is 30.3 Å². The molecule has 0 aliphatic carbocycles. The van der Waals surface area contributed by atoms with Crippen molar-refractivity contribution in [2.24, 2.45) is 5.92 Å². The Kier molecular flexibility index (Phi) is 3.93. The molecule has 0 aliphatic rings. The lowest BCUT2D eigenvalue weighted by molar-refractivity contribution is -0.142. The largest absolute Gasteiger partial charge is 0.480 e. The van der Waals surface area contributed by atoms with Crippen LogP contribution < -0.4 is 5.32 Å². The molecule has 1 atom stereocenters. The standard InChI is InChI=1S/C13H19NO2/c1-10(2)9-13(3,12(15)16)14-11-7-5-4-6-8-11/h4-8,10,14H,9H2,1-3H3,(H,15,16). The quantitative estimate of drug-likeness (QED) is 0.803. The third-order valence-electron chi connectivity index (χ3n) is 2.48. The number of rotatable bonds is 5. The zero-order valence-corrected chi connectivity index (χ0v) is 10.0. The van der Waals surface area contributed by atoms with Crippen LogP contribution in [0.25, 0.3) is 0 Å². The van der Waals surface area contributed by atoms with Gasteiger partial charge >= 0.3 is 5.97 Å². The van der Waals surface area contributed by atoms with Gasteiger partial charge in [-0.25, -0.2) is 4.79 Å². The number of hydrogen-bond acceptors (Lipinski definition) is 2. The average molecular weight is 221 g/mol. The number of nitrogens with one attached hydrogen (secondary N) is 1. The van der Waals surface area contributed by atoms with E-state index in [4.69, 9.17) is 0 Å². The zero-order valence-electron chi connectivity index (χ0n) is 10.0. The van der Waals surface area contributed by atoms with Gasteiger partial charge in [0.05, 0.1) is 0 Å². The summed E-state index contributed by atoms with van der Waals surface area (Å²) in [5.74, 6) is -0.484. The van der Waals surface area contributed by atoms with Gasteiger partial charge in [-0.1, -0.05) is 32.0 Å². The SMILES string of the molecule is CC(C)CC(C)(Nc1ccccc1)C(=O)O. The molecule has 3 nitrogen and oxygen atoms in total. The minimum Gasteiger partial charge on any atom is -0.480 e. The second-order valence-corrected chi connectivity index (χ2v) is 4.73. The Labute approximate surface area is 96.5 Å². The molecule has 2 N–H and O–H groups in total. The lowest BCUT2D eigenvalue weighted by atomic mass is 9.90. The average Bonchev–Trinajstić information content (AvgIpc) is 2.17. The summed E-state index contributed by atoms with van der Waals surface area (Å²) in [7, 11) is 0. The van der Waals surface area contributed by atoms with Gasteiger partial charge < -0.3 is 10.4 Å². The fourth-order valence-corrected chi connectivity index (χ4v) is 1.85. The summed E-state index contributed by atoms with van der Waals surface area (Å²) >= 11 is 0. The number of carboxylic acids is 1. The molecule has 1 aromatic rings. The highest BCUT2D eigenvalue weighted by molar-refractivity contribution is 5.82. The van der Waals surface area contributed by atoms with Crippen LogP contribution in [0.5, 0.6) is 0 Å². The fraction of sp³-hybridized carbons (Fsp3) is 0.462. The van der Waals surface area contributed by atoms with Crippen LogP contribution in [0.3, 0.4) is 0 Å². The van der Waals surface area contributed by atoms with E-state index in [1.54, 1.807) is 6.92 Å². The van der Waals surface area contributed by atoms with E-state index in [0.29, 0.717) is 12.3 Å². The molecule has 0 amide bonds. The van der Waals surface area contributed by atoms with Gasteiger partial charge in [-0.05, 0) is 31.4 Å². The normalized spacial score (nSPS) is 14.5. The van der Waals surface area contributed by atoms with Crippen LogP contribution in [-0.2, 0) is 4.79 Å². The van der Waals surface area contributed by atoms with Gasteiger partial charge in [0.2, 0.25) is 0 Å². The predicted octanol–water partition coefficient (Wildman–Crippen LogP) is 2.99. The third-order valence-corrected chi connectivity index (χ3v) is 2.48. The maximum atomic E-state index is 11.3. The summed E-state index contributed by atoms with van der Waals surface area (Å²) in [6, 6.07) is 9.44. The Morgan fingerprint density at radius 2 is 1.94 bits per heavy atom. The molecule has 16 heavy (non-hydrogen) atoms. The Morgan fingerprint density at radius 1 is 1.38 bits per heavy atom. The molecule has 1 rings (SSSR count). The molecule has 0 spiro atoms. The summed E-state index contributed by atoms with van der Waals surface area (Å²) in [5, 5.41) is 12.4. The van der Waals surface area contributed by atoms with Gasteiger partial charge in [0.15, 0.2) is 0 Å². The molecule has 0 saturated heterocycles. The molecule has 0 fully saturated rings. The van der Waals surface area contributed by atoms with Crippen molar-refractivity contribution in [3.63, 3.8) is 0 Å². The maximum absolute atomic E-state index is 11.3. The Morgan fingerprint density at radius 3 is 2.38 bits per heavy atom. The highest BCUT2D eigenvalue weighted by atomic mass is 16.4. The van der Waals surface area contributed by atoms with Crippen LogP contribution >= 0.6 is 0 Å². The summed E-state index contributed by atoms with van der Waals surface area (Å²) in [4.78, 5) is 11.3. The van der Waals surface area contributed by atoms with Gasteiger partial charge in [0, 0.05) is 5.69 Å². The smallest absolute Gasteiger partial charge is 0.329 e. The Hall–Kier alpha value is -1.51. The van der Waals surface area contributed by atoms with Crippen molar-refractivity contribution in [3.05, 3.63) is 30.3 Å². The van der Waals surface area contributed by atoms with Crippen molar-refractivity contribution in [1.82, 2.24) is 0 Å². The number of carboxylic acid groups (broad SMARTS) is 1. The first-order chi connectivity index (χ1) is 7.44. The molecule has 0 saturated carbocycles. The van der Waals surface area contributed by atoms with Gasteiger partial charge in [0.25, 0.3) is 0 Å². The second-order valence-electron chi connectivity index (χ2n) is 4.73. The van der Waals surface area contributed by atoms with Crippen molar-refractivity contribution >= 4 is 11.7 Å². The molecular weight excluding hydrogens is 202 g/mol. The molecule has 0 heterocycles. The Bertz CT molecular complexity index is 348. The van der Waals surface area contributed by atoms with E-state index < -0.39 is 11.5 Å². The number of hydrogen-bond donors (Lipinski definition) is 2. The van der Waals surface area contributed by atoms with Gasteiger partial charge in [-0.2, -0.15) is 0 Å². The maximum Gasteiger partial charge on any atom is 0.329 e. The first-order valence-corrected chi connectivity index (χ1v) is 5.50. The van der Waals surface area contributed by atoms with Crippen molar-refractivity contribution in [2.45, 2.75) is 32.7 Å². The molecule has 0 aromatic heterocycles. The van der Waals surface area contributed by atoms with E-state index >= 15 is 0 Å². The van der Waals surface area contributed by atoms with Crippen LogP contribution in [0.2, 0.25) is 0 Å². The van der Waals surface area contributed by atoms with Gasteiger partial charge in [0.1, 0.15) is 5.54 Å². The minimum atomic E-state index is -0.907. The van der Waals surface area contributed by atoms with Crippen molar-refractivity contribution in [1.29, 1.82) is 0 Å². The molecule has 0 aliphatic heterocycles. The number of aliphatic carboxylic acids is 1. The van der Waals surface area contributed by atoms with E-state index in [9.17, 15) is 9.90 Å². The van der Waals surface area contributed by atoms with Crippen LogP contribution in [-0.4, -0.2) is 16.6 Å². The second kappa shape index (κ2) is 5.01. The molecule has 1 aromatic carbocycles. The topological polar surface area (TPSA) is 49.3 Å². The van der Waals surface area contributed by atoms with Crippen molar-refractivity contribution in [3.8, 4) is 0 Å². The summed E-state index contributed by atoms with van der Waals surface area (Å²) in [6.45, 7) is 5.77. The first-order valence-electron chi connectivity index (χ1n) is 5.50. The molecule has 3 heteroatoms. The number of carbonyl (C=O) groups is 1. The van der Waals surface area contributed by atoms with Gasteiger partial charge in [-0.15, -0.1) is 0 Å². The molecule has 0 radical (unpaired) electrons. The van der Waals surface area contributed by atoms with Crippen molar-refractivity contribution in [2.75, 3.05) is 5.32 Å². The van der Waals surface area contributed by atoms with Crippen molar-refractivity contribution < 1.29 is 9.90 Å². The van der Waals surface area contributed by atoms with E-state index in [0.717, 1.165) is 5.69 Å². The van der Waals surface area contributed by atoms with E-state index in [1.807, 2.05) is 44.2 Å². The first kappa shape index (κ1) is 12.6. The number of benzene rings is 1. The number of para-hydroxylation sites is 1. The number of anilines is 1. The lowest BCUT2D eigenvalue weighted by Crippen LogP contribution is -2.44. The highest BCUT2D eigenvalue weighted by Gasteiger charge is 2.33. The molecule has 0 bridgehead atoms. The summed E-state index contributed by atoms with van der Waals surface area (Å²) in [5.41, 5.74) is -0.0664. The molecule has 88 valence electrons. The zero-order chi connectivity index (χ0) is 12.2. The summed E-state index contributed by atoms with van der Waals surface area (Å²) < 4.78 is 0.